The Balaban J connectivity index is 1.90. The van der Waals surface area contributed by atoms with Crippen molar-refractivity contribution in [1.29, 1.82) is 0 Å². The Morgan fingerprint density at radius 3 is 3.21 bits per heavy atom. The Hall–Kier alpha value is -1.03. The number of aromatic amines is 1. The minimum absolute atomic E-state index is 0.601. The van der Waals surface area contributed by atoms with Crippen LogP contribution in [0.4, 0.5) is 5.82 Å². The predicted octanol–water partition coefficient (Wildman–Crippen LogP) is 0.876. The van der Waals surface area contributed by atoms with E-state index in [4.69, 9.17) is 5.73 Å². The molecule has 0 spiro atoms. The van der Waals surface area contributed by atoms with E-state index in [1.807, 2.05) is 6.07 Å². The van der Waals surface area contributed by atoms with E-state index in [0.717, 1.165) is 12.3 Å². The second-order valence-electron chi connectivity index (χ2n) is 4.29. The average Bonchev–Trinajstić information content (AvgIpc) is 2.51. The molecule has 78 valence electrons. The number of likely N-dealkylation sites (tertiary alicyclic amines) is 1. The molecule has 0 bridgehead atoms. The average molecular weight is 194 g/mol. The molecule has 14 heavy (non-hydrogen) atoms. The summed E-state index contributed by atoms with van der Waals surface area (Å²) in [7, 11) is 2.19. The second kappa shape index (κ2) is 4.00. The smallest absolute Gasteiger partial charge is 0.145 e. The Morgan fingerprint density at radius 2 is 2.57 bits per heavy atom. The van der Waals surface area contributed by atoms with Gasteiger partial charge in [0.05, 0.1) is 0 Å². The van der Waals surface area contributed by atoms with Gasteiger partial charge in [-0.05, 0) is 38.8 Å². The maximum absolute atomic E-state index is 5.56. The maximum atomic E-state index is 5.56. The quantitative estimate of drug-likeness (QED) is 0.734. The van der Waals surface area contributed by atoms with Gasteiger partial charge in [-0.3, -0.25) is 5.10 Å². The Bertz CT molecular complexity index is 294. The molecule has 0 radical (unpaired) electrons. The monoisotopic (exact) mass is 194 g/mol. The number of hydrogen-bond donors (Lipinski definition) is 2. The van der Waals surface area contributed by atoms with E-state index in [-0.39, 0.29) is 0 Å². The van der Waals surface area contributed by atoms with Crippen molar-refractivity contribution in [2.75, 3.05) is 25.9 Å². The second-order valence-corrected chi connectivity index (χ2v) is 4.29. The first kappa shape index (κ1) is 9.52. The van der Waals surface area contributed by atoms with E-state index < -0.39 is 0 Å². The summed E-state index contributed by atoms with van der Waals surface area (Å²) in [6.45, 7) is 2.43. The summed E-state index contributed by atoms with van der Waals surface area (Å²) in [5.74, 6) is 1.36. The van der Waals surface area contributed by atoms with Crippen LogP contribution >= 0.6 is 0 Å². The number of aromatic nitrogens is 2. The summed E-state index contributed by atoms with van der Waals surface area (Å²) >= 11 is 0. The number of nitrogen functional groups attached to an aromatic ring is 1. The Labute approximate surface area is 84.5 Å². The van der Waals surface area contributed by atoms with Crippen molar-refractivity contribution in [2.24, 2.45) is 5.92 Å². The zero-order valence-corrected chi connectivity index (χ0v) is 8.66. The van der Waals surface area contributed by atoms with Crippen molar-refractivity contribution in [3.8, 4) is 0 Å². The van der Waals surface area contributed by atoms with Gasteiger partial charge in [0.15, 0.2) is 0 Å². The highest BCUT2D eigenvalue weighted by Crippen LogP contribution is 2.19. The van der Waals surface area contributed by atoms with Crippen LogP contribution < -0.4 is 5.73 Å². The molecular weight excluding hydrogens is 176 g/mol. The molecule has 1 unspecified atom stereocenters. The van der Waals surface area contributed by atoms with E-state index in [0.29, 0.717) is 5.82 Å². The van der Waals surface area contributed by atoms with Crippen LogP contribution in [0, 0.1) is 5.92 Å². The number of H-pyrrole nitrogens is 1. The summed E-state index contributed by atoms with van der Waals surface area (Å²) in [6.07, 6.45) is 3.71. The first-order chi connectivity index (χ1) is 6.74. The molecule has 1 saturated heterocycles. The van der Waals surface area contributed by atoms with E-state index in [1.165, 1.54) is 31.6 Å². The summed E-state index contributed by atoms with van der Waals surface area (Å²) in [5, 5.41) is 6.91. The van der Waals surface area contributed by atoms with Gasteiger partial charge in [0.1, 0.15) is 5.82 Å². The highest BCUT2D eigenvalue weighted by Gasteiger charge is 2.17. The molecular formula is C10H18N4. The van der Waals surface area contributed by atoms with Crippen LogP contribution in [-0.2, 0) is 6.42 Å². The van der Waals surface area contributed by atoms with Crippen molar-refractivity contribution in [2.45, 2.75) is 19.3 Å². The fourth-order valence-electron chi connectivity index (χ4n) is 2.23. The lowest BCUT2D eigenvalue weighted by atomic mass is 9.94. The molecule has 2 heterocycles. The van der Waals surface area contributed by atoms with Crippen LogP contribution in [0.2, 0.25) is 0 Å². The lowest BCUT2D eigenvalue weighted by Crippen LogP contribution is -2.33. The molecule has 1 aromatic heterocycles. The number of hydrogen-bond acceptors (Lipinski definition) is 3. The van der Waals surface area contributed by atoms with E-state index in [9.17, 15) is 0 Å². The number of nitrogens with two attached hydrogens (primary N) is 1. The third-order valence-corrected chi connectivity index (χ3v) is 2.88. The molecule has 1 fully saturated rings. The van der Waals surface area contributed by atoms with E-state index in [1.54, 1.807) is 0 Å². The van der Waals surface area contributed by atoms with E-state index in [2.05, 4.69) is 22.1 Å². The summed E-state index contributed by atoms with van der Waals surface area (Å²) in [6, 6.07) is 1.94. The number of anilines is 1. The van der Waals surface area contributed by atoms with Crippen LogP contribution in [0.1, 0.15) is 18.5 Å². The fourth-order valence-corrected chi connectivity index (χ4v) is 2.23. The molecule has 0 aliphatic carbocycles. The van der Waals surface area contributed by atoms with Gasteiger partial charge in [-0.15, -0.1) is 0 Å². The third-order valence-electron chi connectivity index (χ3n) is 2.88. The predicted molar refractivity (Wildman–Crippen MR) is 56.9 cm³/mol. The maximum Gasteiger partial charge on any atom is 0.145 e. The highest BCUT2D eigenvalue weighted by molar-refractivity contribution is 5.28. The molecule has 0 saturated carbocycles. The Kier molecular flexibility index (Phi) is 2.72. The fraction of sp³-hybridized carbons (Fsp3) is 0.700. The van der Waals surface area contributed by atoms with Gasteiger partial charge in [-0.25, -0.2) is 0 Å². The largest absolute Gasteiger partial charge is 0.382 e. The molecule has 0 amide bonds. The van der Waals surface area contributed by atoms with E-state index >= 15 is 0 Å². The Morgan fingerprint density at radius 1 is 1.71 bits per heavy atom. The summed E-state index contributed by atoms with van der Waals surface area (Å²) in [4.78, 5) is 2.40. The van der Waals surface area contributed by atoms with Gasteiger partial charge in [0.25, 0.3) is 0 Å². The van der Waals surface area contributed by atoms with Crippen molar-refractivity contribution in [1.82, 2.24) is 15.1 Å². The SMILES string of the molecule is CN1CCCC(Cc2cc(N)n[nH]2)C1. The molecule has 1 aliphatic heterocycles. The molecule has 4 nitrogen and oxygen atoms in total. The normalized spacial score (nSPS) is 23.9. The summed E-state index contributed by atoms with van der Waals surface area (Å²) in [5.41, 5.74) is 6.73. The zero-order chi connectivity index (χ0) is 9.97. The minimum Gasteiger partial charge on any atom is -0.382 e. The topological polar surface area (TPSA) is 57.9 Å². The third kappa shape index (κ3) is 2.26. The van der Waals surface area contributed by atoms with Crippen molar-refractivity contribution in [3.05, 3.63) is 11.8 Å². The molecule has 1 atom stereocenters. The molecule has 2 rings (SSSR count). The molecule has 1 aliphatic rings. The van der Waals surface area contributed by atoms with Gasteiger partial charge >= 0.3 is 0 Å². The van der Waals surface area contributed by atoms with Crippen molar-refractivity contribution < 1.29 is 0 Å². The number of piperidine rings is 1. The van der Waals surface area contributed by atoms with Crippen LogP contribution in [0.15, 0.2) is 6.07 Å². The van der Waals surface area contributed by atoms with Crippen molar-refractivity contribution in [3.63, 3.8) is 0 Å². The van der Waals surface area contributed by atoms with Crippen LogP contribution in [0.25, 0.3) is 0 Å². The first-order valence-electron chi connectivity index (χ1n) is 5.22. The first-order valence-corrected chi connectivity index (χ1v) is 5.22. The van der Waals surface area contributed by atoms with Gasteiger partial charge in [0, 0.05) is 18.3 Å². The summed E-state index contributed by atoms with van der Waals surface area (Å²) < 4.78 is 0. The van der Waals surface area contributed by atoms with Gasteiger partial charge < -0.3 is 10.6 Å². The number of rotatable bonds is 2. The molecule has 4 heteroatoms. The molecule has 3 N–H and O–H groups in total. The van der Waals surface area contributed by atoms with Crippen LogP contribution in [0.5, 0.6) is 0 Å². The highest BCUT2D eigenvalue weighted by atomic mass is 15.2. The van der Waals surface area contributed by atoms with Gasteiger partial charge in [-0.2, -0.15) is 5.10 Å². The van der Waals surface area contributed by atoms with Gasteiger partial charge in [0.2, 0.25) is 0 Å². The lowest BCUT2D eigenvalue weighted by Gasteiger charge is -2.29. The van der Waals surface area contributed by atoms with Crippen LogP contribution in [-0.4, -0.2) is 35.2 Å². The van der Waals surface area contributed by atoms with Crippen LogP contribution in [0.3, 0.4) is 0 Å². The number of nitrogens with one attached hydrogen (secondary N) is 1. The van der Waals surface area contributed by atoms with Crippen molar-refractivity contribution >= 4 is 5.82 Å². The molecule has 1 aromatic rings. The minimum atomic E-state index is 0.601. The number of nitrogens with zero attached hydrogens (tertiary/aromatic N) is 2. The van der Waals surface area contributed by atoms with Gasteiger partial charge in [-0.1, -0.05) is 0 Å². The zero-order valence-electron chi connectivity index (χ0n) is 8.66. The standard InChI is InChI=1S/C10H18N4/c1-14-4-2-3-8(7-14)5-9-6-10(11)13-12-9/h6,8H,2-5,7H2,1H3,(H3,11,12,13). The lowest BCUT2D eigenvalue weighted by molar-refractivity contribution is 0.208. The molecule has 0 aromatic carbocycles.